The summed E-state index contributed by atoms with van der Waals surface area (Å²) >= 11 is 0. The molecular weight excluding hydrogens is 268 g/mol. The number of nitrogens with zero attached hydrogens (tertiary/aromatic N) is 4. The molecule has 0 spiro atoms. The fourth-order valence-corrected chi connectivity index (χ4v) is 2.73. The lowest BCUT2D eigenvalue weighted by molar-refractivity contribution is 0.0755. The summed E-state index contributed by atoms with van der Waals surface area (Å²) in [6.45, 7) is 0.906. The van der Waals surface area contributed by atoms with Gasteiger partial charge in [-0.3, -0.25) is 9.78 Å². The molecule has 0 radical (unpaired) electrons. The number of amides is 1. The van der Waals surface area contributed by atoms with Crippen LogP contribution < -0.4 is 0 Å². The molecule has 1 N–H and O–H groups in total. The average molecular weight is 286 g/mol. The van der Waals surface area contributed by atoms with Gasteiger partial charge in [0.2, 0.25) is 0 Å². The first-order valence-corrected chi connectivity index (χ1v) is 6.98. The minimum absolute atomic E-state index is 0.0251. The zero-order chi connectivity index (χ0) is 14.8. The van der Waals surface area contributed by atoms with Crippen molar-refractivity contribution in [1.82, 2.24) is 19.4 Å². The molecule has 2 aromatic heterocycles. The van der Waals surface area contributed by atoms with Crippen LogP contribution in [-0.4, -0.2) is 49.6 Å². The molecule has 0 saturated carbocycles. The molecule has 1 saturated heterocycles. The van der Waals surface area contributed by atoms with Crippen LogP contribution in [0.1, 0.15) is 16.2 Å². The van der Waals surface area contributed by atoms with Gasteiger partial charge in [0.1, 0.15) is 5.69 Å². The van der Waals surface area contributed by atoms with Crippen molar-refractivity contribution in [2.45, 2.75) is 12.5 Å². The predicted molar refractivity (Wildman–Crippen MR) is 76.5 cm³/mol. The van der Waals surface area contributed by atoms with E-state index in [1.165, 1.54) is 0 Å². The molecule has 2 aromatic rings. The third kappa shape index (κ3) is 2.80. The maximum Gasteiger partial charge on any atom is 0.272 e. The van der Waals surface area contributed by atoms with E-state index in [4.69, 9.17) is 0 Å². The van der Waals surface area contributed by atoms with E-state index in [9.17, 15) is 9.90 Å². The summed E-state index contributed by atoms with van der Waals surface area (Å²) in [4.78, 5) is 22.3. The Bertz CT molecular complexity index is 626. The topological polar surface area (TPSA) is 71.2 Å². The van der Waals surface area contributed by atoms with Crippen LogP contribution in [0, 0.1) is 5.92 Å². The van der Waals surface area contributed by atoms with E-state index in [1.54, 1.807) is 35.2 Å². The molecule has 3 rings (SSSR count). The fourth-order valence-electron chi connectivity index (χ4n) is 2.73. The van der Waals surface area contributed by atoms with Crippen LogP contribution >= 0.6 is 0 Å². The van der Waals surface area contributed by atoms with Crippen molar-refractivity contribution in [1.29, 1.82) is 0 Å². The standard InChI is InChI=1S/C15H18N4O2/c1-18-10-16-7-13(18)15(21)19-8-11(14(20)9-19)6-12-4-2-3-5-17-12/h2-5,7,10-11,14,20H,6,8-9H2,1H3/t11-,14-/m1/s1. The number of pyridine rings is 1. The Hall–Kier alpha value is -2.21. The quantitative estimate of drug-likeness (QED) is 0.891. The van der Waals surface area contributed by atoms with Crippen molar-refractivity contribution < 1.29 is 9.90 Å². The van der Waals surface area contributed by atoms with Crippen molar-refractivity contribution >= 4 is 5.91 Å². The number of aliphatic hydroxyl groups excluding tert-OH is 1. The molecule has 6 heteroatoms. The van der Waals surface area contributed by atoms with Gasteiger partial charge < -0.3 is 14.6 Å². The number of rotatable bonds is 3. The molecule has 0 bridgehead atoms. The number of imidazole rings is 1. The van der Waals surface area contributed by atoms with Gasteiger partial charge in [0, 0.05) is 37.9 Å². The van der Waals surface area contributed by atoms with Crippen LogP contribution in [-0.2, 0) is 13.5 Å². The number of β-amino-alcohol motifs (C(OH)–C–C–N with tert-alkyl or cyclic N) is 1. The van der Waals surface area contributed by atoms with Crippen LogP contribution in [0.25, 0.3) is 0 Å². The third-order valence-electron chi connectivity index (χ3n) is 3.93. The largest absolute Gasteiger partial charge is 0.391 e. The molecular formula is C15H18N4O2. The number of carbonyl (C=O) groups is 1. The lowest BCUT2D eigenvalue weighted by atomic mass is 10.00. The normalized spacial score (nSPS) is 21.7. The molecule has 21 heavy (non-hydrogen) atoms. The first-order valence-electron chi connectivity index (χ1n) is 6.98. The fraction of sp³-hybridized carbons (Fsp3) is 0.400. The molecule has 0 aliphatic carbocycles. The molecule has 1 aliphatic rings. The van der Waals surface area contributed by atoms with E-state index >= 15 is 0 Å². The van der Waals surface area contributed by atoms with E-state index in [1.807, 2.05) is 18.2 Å². The monoisotopic (exact) mass is 286 g/mol. The molecule has 2 atom stereocenters. The first kappa shape index (κ1) is 13.8. The number of aliphatic hydroxyl groups is 1. The first-order chi connectivity index (χ1) is 10.1. The average Bonchev–Trinajstić information content (AvgIpc) is 3.06. The smallest absolute Gasteiger partial charge is 0.272 e. The van der Waals surface area contributed by atoms with Crippen molar-refractivity contribution in [2.75, 3.05) is 13.1 Å². The Kier molecular flexibility index (Phi) is 3.70. The van der Waals surface area contributed by atoms with Crippen molar-refractivity contribution in [3.05, 3.63) is 48.3 Å². The number of aromatic nitrogens is 3. The molecule has 1 aliphatic heterocycles. The Labute approximate surface area is 123 Å². The van der Waals surface area contributed by atoms with Crippen molar-refractivity contribution in [3.8, 4) is 0 Å². The van der Waals surface area contributed by atoms with E-state index in [2.05, 4.69) is 9.97 Å². The summed E-state index contributed by atoms with van der Waals surface area (Å²) in [5.41, 5.74) is 1.48. The Morgan fingerprint density at radius 2 is 2.29 bits per heavy atom. The Morgan fingerprint density at radius 3 is 2.95 bits per heavy atom. The number of aryl methyl sites for hydroxylation is 1. The van der Waals surface area contributed by atoms with E-state index in [0.29, 0.717) is 25.2 Å². The van der Waals surface area contributed by atoms with Crippen LogP contribution in [0.2, 0.25) is 0 Å². The van der Waals surface area contributed by atoms with E-state index in [-0.39, 0.29) is 11.8 Å². The summed E-state index contributed by atoms with van der Waals surface area (Å²) < 4.78 is 1.70. The summed E-state index contributed by atoms with van der Waals surface area (Å²) in [6, 6.07) is 5.74. The van der Waals surface area contributed by atoms with Gasteiger partial charge in [0.05, 0.1) is 18.6 Å². The summed E-state index contributed by atoms with van der Waals surface area (Å²) in [7, 11) is 1.79. The minimum Gasteiger partial charge on any atom is -0.391 e. The zero-order valence-electron chi connectivity index (χ0n) is 11.9. The maximum atomic E-state index is 12.4. The predicted octanol–water partition coefficient (Wildman–Crippen LogP) is 0.491. The maximum absolute atomic E-state index is 12.4. The summed E-state index contributed by atoms with van der Waals surface area (Å²) in [5.74, 6) is -0.0605. The van der Waals surface area contributed by atoms with Crippen LogP contribution in [0.5, 0.6) is 0 Å². The second-order valence-electron chi connectivity index (χ2n) is 5.45. The number of likely N-dealkylation sites (tertiary alicyclic amines) is 1. The SMILES string of the molecule is Cn1cncc1C(=O)N1C[C@@H](Cc2ccccn2)[C@H](O)C1. The molecule has 3 heterocycles. The van der Waals surface area contributed by atoms with Crippen LogP contribution in [0.3, 0.4) is 0 Å². The molecule has 0 unspecified atom stereocenters. The van der Waals surface area contributed by atoms with E-state index in [0.717, 1.165) is 5.69 Å². The van der Waals surface area contributed by atoms with Gasteiger partial charge in [-0.05, 0) is 18.6 Å². The number of hydrogen-bond acceptors (Lipinski definition) is 4. The molecule has 1 fully saturated rings. The highest BCUT2D eigenvalue weighted by Gasteiger charge is 2.35. The third-order valence-corrected chi connectivity index (χ3v) is 3.93. The van der Waals surface area contributed by atoms with Crippen LogP contribution in [0.15, 0.2) is 36.9 Å². The van der Waals surface area contributed by atoms with Gasteiger partial charge in [0.25, 0.3) is 5.91 Å². The number of hydrogen-bond donors (Lipinski definition) is 1. The highest BCUT2D eigenvalue weighted by atomic mass is 16.3. The minimum atomic E-state index is -0.510. The second-order valence-corrected chi connectivity index (χ2v) is 5.45. The number of carbonyl (C=O) groups excluding carboxylic acids is 1. The second kappa shape index (κ2) is 5.65. The van der Waals surface area contributed by atoms with Crippen molar-refractivity contribution in [3.63, 3.8) is 0 Å². The lowest BCUT2D eigenvalue weighted by Gasteiger charge is -2.16. The van der Waals surface area contributed by atoms with Gasteiger partial charge in [-0.25, -0.2) is 4.98 Å². The Balaban J connectivity index is 1.69. The molecule has 0 aromatic carbocycles. The summed E-state index contributed by atoms with van der Waals surface area (Å²) in [6.07, 6.45) is 5.07. The lowest BCUT2D eigenvalue weighted by Crippen LogP contribution is -2.31. The van der Waals surface area contributed by atoms with Crippen LogP contribution in [0.4, 0.5) is 0 Å². The zero-order valence-corrected chi connectivity index (χ0v) is 11.9. The summed E-state index contributed by atoms with van der Waals surface area (Å²) in [5, 5.41) is 10.2. The Morgan fingerprint density at radius 1 is 1.43 bits per heavy atom. The molecule has 6 nitrogen and oxygen atoms in total. The van der Waals surface area contributed by atoms with E-state index < -0.39 is 6.10 Å². The van der Waals surface area contributed by atoms with Gasteiger partial charge in [-0.1, -0.05) is 6.07 Å². The molecule has 1 amide bonds. The van der Waals surface area contributed by atoms with Gasteiger partial charge in [-0.2, -0.15) is 0 Å². The van der Waals surface area contributed by atoms with Gasteiger partial charge in [0.15, 0.2) is 0 Å². The van der Waals surface area contributed by atoms with Gasteiger partial charge in [-0.15, -0.1) is 0 Å². The van der Waals surface area contributed by atoms with Gasteiger partial charge >= 0.3 is 0 Å². The highest BCUT2D eigenvalue weighted by molar-refractivity contribution is 5.92. The van der Waals surface area contributed by atoms with Crippen molar-refractivity contribution in [2.24, 2.45) is 13.0 Å². The molecule has 110 valence electrons. The highest BCUT2D eigenvalue weighted by Crippen LogP contribution is 2.22.